The normalized spacial score (nSPS) is 32.5. The molecule has 0 aliphatic carbocycles. The molecule has 0 aromatic carbocycles. The molecule has 0 aromatic heterocycles. The zero-order chi connectivity index (χ0) is 13.1. The Balaban J connectivity index is 2.00. The molecule has 0 saturated carbocycles. The Morgan fingerprint density at radius 2 is 2.28 bits per heavy atom. The fraction of sp³-hybridized carbons (Fsp3) is 0.818. The van der Waals surface area contributed by atoms with Crippen LogP contribution >= 0.6 is 11.8 Å². The average Bonchev–Trinajstić information content (AvgIpc) is 2.86. The molecule has 0 radical (unpaired) electrons. The predicted octanol–water partition coefficient (Wildman–Crippen LogP) is -0.608. The summed E-state index contributed by atoms with van der Waals surface area (Å²) < 4.78 is 5.20. The van der Waals surface area contributed by atoms with Gasteiger partial charge in [0.05, 0.1) is 12.1 Å². The van der Waals surface area contributed by atoms with Crippen LogP contribution in [0.1, 0.15) is 6.42 Å². The summed E-state index contributed by atoms with van der Waals surface area (Å²) in [7, 11) is 1.62. The number of thioether (sulfide) groups is 1. The van der Waals surface area contributed by atoms with Gasteiger partial charge < -0.3 is 20.1 Å². The molecule has 2 saturated heterocycles. The van der Waals surface area contributed by atoms with E-state index in [4.69, 9.17) is 9.84 Å². The molecule has 7 heteroatoms. The minimum Gasteiger partial charge on any atom is -0.480 e. The lowest BCUT2D eigenvalue weighted by molar-refractivity contribution is -0.150. The standard InChI is InChI=1S/C11H18N2O4S/c1-17-7-4-8(12-5-7)10(14)13-2-3-18-6-9(13)11(15)16/h7-9,12H,2-6H2,1H3,(H,15,16). The van der Waals surface area contributed by atoms with Crippen LogP contribution in [-0.2, 0) is 14.3 Å². The van der Waals surface area contributed by atoms with Crippen LogP contribution in [0.2, 0.25) is 0 Å². The summed E-state index contributed by atoms with van der Waals surface area (Å²) in [6, 6.07) is -1.00. The van der Waals surface area contributed by atoms with Crippen molar-refractivity contribution in [2.24, 2.45) is 0 Å². The number of methoxy groups -OCH3 is 1. The topological polar surface area (TPSA) is 78.9 Å². The van der Waals surface area contributed by atoms with Gasteiger partial charge in [-0.15, -0.1) is 0 Å². The highest BCUT2D eigenvalue weighted by atomic mass is 32.2. The van der Waals surface area contributed by atoms with Crippen LogP contribution in [0.15, 0.2) is 0 Å². The van der Waals surface area contributed by atoms with E-state index in [2.05, 4.69) is 5.32 Å². The van der Waals surface area contributed by atoms with Gasteiger partial charge in [-0.2, -0.15) is 11.8 Å². The number of carboxylic acid groups (broad SMARTS) is 1. The first-order valence-corrected chi connectivity index (χ1v) is 7.16. The Hall–Kier alpha value is -0.790. The molecule has 0 spiro atoms. The number of ether oxygens (including phenoxy) is 1. The Bertz CT molecular complexity index is 339. The van der Waals surface area contributed by atoms with Gasteiger partial charge in [-0.3, -0.25) is 4.79 Å². The highest BCUT2D eigenvalue weighted by Crippen LogP contribution is 2.20. The molecular weight excluding hydrogens is 256 g/mol. The summed E-state index contributed by atoms with van der Waals surface area (Å²) in [5.41, 5.74) is 0. The number of nitrogens with zero attached hydrogens (tertiary/aromatic N) is 1. The first-order chi connectivity index (χ1) is 8.63. The monoisotopic (exact) mass is 274 g/mol. The number of aliphatic carboxylic acids is 1. The van der Waals surface area contributed by atoms with Gasteiger partial charge in [-0.25, -0.2) is 4.79 Å². The minimum atomic E-state index is -0.920. The molecule has 2 fully saturated rings. The highest BCUT2D eigenvalue weighted by Gasteiger charge is 2.38. The number of nitrogens with one attached hydrogen (secondary N) is 1. The van der Waals surface area contributed by atoms with Crippen LogP contribution in [0.4, 0.5) is 0 Å². The van der Waals surface area contributed by atoms with E-state index < -0.39 is 12.0 Å². The van der Waals surface area contributed by atoms with Crippen molar-refractivity contribution in [1.82, 2.24) is 10.2 Å². The number of carboxylic acids is 1. The number of amides is 1. The van der Waals surface area contributed by atoms with Gasteiger partial charge in [0, 0.05) is 31.7 Å². The van der Waals surface area contributed by atoms with Gasteiger partial charge in [-0.05, 0) is 6.42 Å². The Morgan fingerprint density at radius 3 is 2.89 bits per heavy atom. The third kappa shape index (κ3) is 2.78. The molecule has 2 heterocycles. The second-order valence-corrected chi connectivity index (χ2v) is 5.66. The molecule has 0 bridgehead atoms. The molecule has 2 rings (SSSR count). The lowest BCUT2D eigenvalue weighted by atomic mass is 10.1. The van der Waals surface area contributed by atoms with Crippen molar-refractivity contribution in [1.29, 1.82) is 0 Å². The average molecular weight is 274 g/mol. The molecule has 6 nitrogen and oxygen atoms in total. The van der Waals surface area contributed by atoms with E-state index >= 15 is 0 Å². The van der Waals surface area contributed by atoms with E-state index in [9.17, 15) is 9.59 Å². The molecule has 102 valence electrons. The van der Waals surface area contributed by atoms with Gasteiger partial charge in [0.15, 0.2) is 0 Å². The van der Waals surface area contributed by atoms with Crippen molar-refractivity contribution in [3.8, 4) is 0 Å². The van der Waals surface area contributed by atoms with Gasteiger partial charge in [0.1, 0.15) is 6.04 Å². The van der Waals surface area contributed by atoms with Gasteiger partial charge in [-0.1, -0.05) is 0 Å². The van der Waals surface area contributed by atoms with E-state index in [1.54, 1.807) is 18.9 Å². The molecule has 2 aliphatic heterocycles. The molecule has 3 atom stereocenters. The van der Waals surface area contributed by atoms with Crippen LogP contribution in [0.3, 0.4) is 0 Å². The number of hydrogen-bond donors (Lipinski definition) is 2. The van der Waals surface area contributed by atoms with E-state index in [1.807, 2.05) is 0 Å². The molecular formula is C11H18N2O4S. The van der Waals surface area contributed by atoms with E-state index in [1.165, 1.54) is 4.90 Å². The van der Waals surface area contributed by atoms with Gasteiger partial charge in [0.2, 0.25) is 5.91 Å². The Labute approximate surface area is 110 Å². The molecule has 0 aromatic rings. The second kappa shape index (κ2) is 5.90. The summed E-state index contributed by atoms with van der Waals surface area (Å²) >= 11 is 1.58. The lowest BCUT2D eigenvalue weighted by Gasteiger charge is -2.34. The van der Waals surface area contributed by atoms with Crippen molar-refractivity contribution < 1.29 is 19.4 Å². The smallest absolute Gasteiger partial charge is 0.327 e. The third-order valence-corrected chi connectivity index (χ3v) is 4.44. The first-order valence-electron chi connectivity index (χ1n) is 6.00. The summed E-state index contributed by atoms with van der Waals surface area (Å²) in [5, 5.41) is 12.2. The zero-order valence-electron chi connectivity index (χ0n) is 10.3. The molecule has 1 amide bonds. The number of carbonyl (C=O) groups excluding carboxylic acids is 1. The maximum atomic E-state index is 12.3. The van der Waals surface area contributed by atoms with E-state index in [0.717, 1.165) is 5.75 Å². The summed E-state index contributed by atoms with van der Waals surface area (Å²) in [6.07, 6.45) is 0.659. The van der Waals surface area contributed by atoms with E-state index in [0.29, 0.717) is 25.3 Å². The molecule has 18 heavy (non-hydrogen) atoms. The Kier molecular flexibility index (Phi) is 4.47. The molecule has 2 N–H and O–H groups in total. The summed E-state index contributed by atoms with van der Waals surface area (Å²) in [4.78, 5) is 25.0. The van der Waals surface area contributed by atoms with Crippen LogP contribution in [0, 0.1) is 0 Å². The SMILES string of the molecule is COC1CNC(C(=O)N2CCSCC2C(=O)O)C1. The van der Waals surface area contributed by atoms with Crippen LogP contribution in [-0.4, -0.2) is 71.8 Å². The van der Waals surface area contributed by atoms with Crippen molar-refractivity contribution >= 4 is 23.6 Å². The number of hydrogen-bond acceptors (Lipinski definition) is 5. The van der Waals surface area contributed by atoms with Gasteiger partial charge in [0.25, 0.3) is 0 Å². The number of carbonyl (C=O) groups is 2. The van der Waals surface area contributed by atoms with Crippen molar-refractivity contribution in [2.75, 3.05) is 31.7 Å². The third-order valence-electron chi connectivity index (χ3n) is 3.42. The first kappa shape index (κ1) is 13.6. The summed E-state index contributed by atoms with van der Waals surface area (Å²) in [6.45, 7) is 1.16. The quantitative estimate of drug-likeness (QED) is 0.715. The zero-order valence-corrected chi connectivity index (χ0v) is 11.1. The fourth-order valence-electron chi connectivity index (χ4n) is 2.34. The van der Waals surface area contributed by atoms with Gasteiger partial charge >= 0.3 is 5.97 Å². The van der Waals surface area contributed by atoms with Crippen molar-refractivity contribution in [3.63, 3.8) is 0 Å². The van der Waals surface area contributed by atoms with Crippen LogP contribution in [0.5, 0.6) is 0 Å². The number of rotatable bonds is 3. The predicted molar refractivity (Wildman–Crippen MR) is 67.7 cm³/mol. The molecule has 3 unspecified atom stereocenters. The highest BCUT2D eigenvalue weighted by molar-refractivity contribution is 7.99. The van der Waals surface area contributed by atoms with Crippen molar-refractivity contribution in [2.45, 2.75) is 24.6 Å². The summed E-state index contributed by atoms with van der Waals surface area (Å²) in [5.74, 6) is 0.247. The van der Waals surface area contributed by atoms with E-state index in [-0.39, 0.29) is 18.1 Å². The fourth-order valence-corrected chi connectivity index (χ4v) is 3.38. The Morgan fingerprint density at radius 1 is 1.50 bits per heavy atom. The molecule has 2 aliphatic rings. The van der Waals surface area contributed by atoms with Crippen LogP contribution < -0.4 is 5.32 Å². The maximum Gasteiger partial charge on any atom is 0.327 e. The second-order valence-electron chi connectivity index (χ2n) is 4.51. The van der Waals surface area contributed by atoms with Crippen LogP contribution in [0.25, 0.3) is 0 Å². The lowest BCUT2D eigenvalue weighted by Crippen LogP contribution is -2.55. The minimum absolute atomic E-state index is 0.0430. The van der Waals surface area contributed by atoms with Crippen molar-refractivity contribution in [3.05, 3.63) is 0 Å². The largest absolute Gasteiger partial charge is 0.480 e. The maximum absolute atomic E-state index is 12.3.